The smallest absolute Gasteiger partial charge is 0.229 e. The van der Waals surface area contributed by atoms with Crippen LogP contribution in [0.5, 0.6) is 5.75 Å². The molecule has 5 rings (SSSR count). The molecule has 0 aromatic heterocycles. The minimum Gasteiger partial charge on any atom is -0.491 e. The van der Waals surface area contributed by atoms with Crippen molar-refractivity contribution in [3.8, 4) is 5.75 Å². The van der Waals surface area contributed by atoms with E-state index >= 15 is 0 Å². The summed E-state index contributed by atoms with van der Waals surface area (Å²) in [6.07, 6.45) is 15.2. The molecule has 3 heterocycles. The lowest BCUT2D eigenvalue weighted by atomic mass is 9.73. The Morgan fingerprint density at radius 2 is 1.78 bits per heavy atom. The van der Waals surface area contributed by atoms with E-state index in [1.54, 1.807) is 0 Å². The first-order chi connectivity index (χ1) is 18.1. The third-order valence-corrected chi connectivity index (χ3v) is 9.66. The molecule has 0 radical (unpaired) electrons. The minimum atomic E-state index is -0.234. The second-order valence-electron chi connectivity index (χ2n) is 12.1. The zero-order valence-corrected chi connectivity index (χ0v) is 22.7. The zero-order chi connectivity index (χ0) is 25.5. The molecule has 4 aliphatic rings. The van der Waals surface area contributed by atoms with Gasteiger partial charge < -0.3 is 19.9 Å². The standard InChI is InChI=1S/C31H47N3O3/c35-29(15-14-25-8-1-2-9-25)32-19-23-33-21-17-31(18-22-33)16-6-5-11-26-10-3-4-13-28(26)37-24-27-12-7-20-34(27)30(31)36/h3-4,10,13,25,27H,1-2,5-9,11-12,14-24H2,(H,32,35)/t27-/m1/s1. The predicted octanol–water partition coefficient (Wildman–Crippen LogP) is 4.95. The van der Waals surface area contributed by atoms with Crippen LogP contribution in [-0.2, 0) is 16.0 Å². The predicted molar refractivity (Wildman–Crippen MR) is 147 cm³/mol. The van der Waals surface area contributed by atoms with Crippen molar-refractivity contribution in [1.29, 1.82) is 0 Å². The van der Waals surface area contributed by atoms with Crippen LogP contribution in [-0.4, -0.2) is 67.0 Å². The van der Waals surface area contributed by atoms with E-state index in [2.05, 4.69) is 33.3 Å². The number of nitrogens with one attached hydrogen (secondary N) is 1. The Balaban J connectivity index is 1.14. The number of piperidine rings is 1. The maximum atomic E-state index is 14.1. The van der Waals surface area contributed by atoms with Gasteiger partial charge >= 0.3 is 0 Å². The number of benzene rings is 1. The number of fused-ring (bicyclic) bond motifs is 2. The van der Waals surface area contributed by atoms with Crippen LogP contribution < -0.4 is 10.1 Å². The fourth-order valence-corrected chi connectivity index (χ4v) is 7.25. The molecule has 1 N–H and O–H groups in total. The first-order valence-electron chi connectivity index (χ1n) is 15.1. The Morgan fingerprint density at radius 1 is 0.973 bits per heavy atom. The van der Waals surface area contributed by atoms with E-state index in [9.17, 15) is 9.59 Å². The average Bonchev–Trinajstić information content (AvgIpc) is 3.61. The number of carbonyl (C=O) groups is 2. The number of ether oxygens (including phenoxy) is 1. The molecule has 0 unspecified atom stereocenters. The molecule has 3 aliphatic heterocycles. The lowest BCUT2D eigenvalue weighted by Crippen LogP contribution is -2.53. The molecule has 37 heavy (non-hydrogen) atoms. The van der Waals surface area contributed by atoms with Crippen molar-refractivity contribution in [1.82, 2.24) is 15.1 Å². The summed E-state index contributed by atoms with van der Waals surface area (Å²) < 4.78 is 6.29. The molecule has 3 fully saturated rings. The molecule has 2 saturated heterocycles. The zero-order valence-electron chi connectivity index (χ0n) is 22.7. The SMILES string of the molecule is O=C(CCC1CCCC1)NCCN1CCC2(CCCCc3ccccc3OC[C@H]3CCCN3C2=O)CC1. The maximum Gasteiger partial charge on any atom is 0.229 e. The Kier molecular flexibility index (Phi) is 9.06. The van der Waals surface area contributed by atoms with Crippen molar-refractivity contribution >= 4 is 11.8 Å². The van der Waals surface area contributed by atoms with Gasteiger partial charge in [-0.1, -0.05) is 50.3 Å². The van der Waals surface area contributed by atoms with E-state index in [1.807, 2.05) is 6.07 Å². The van der Waals surface area contributed by atoms with E-state index in [1.165, 1.54) is 31.2 Å². The second-order valence-corrected chi connectivity index (χ2v) is 12.1. The van der Waals surface area contributed by atoms with Crippen molar-refractivity contribution in [3.63, 3.8) is 0 Å². The number of nitrogens with zero attached hydrogens (tertiary/aromatic N) is 2. The van der Waals surface area contributed by atoms with Gasteiger partial charge in [-0.25, -0.2) is 0 Å². The molecule has 1 aliphatic carbocycles. The van der Waals surface area contributed by atoms with E-state index in [-0.39, 0.29) is 17.4 Å². The first kappa shape index (κ1) is 26.5. The monoisotopic (exact) mass is 509 g/mol. The van der Waals surface area contributed by atoms with Gasteiger partial charge in [0.15, 0.2) is 0 Å². The highest BCUT2D eigenvalue weighted by Gasteiger charge is 2.45. The van der Waals surface area contributed by atoms with Crippen LogP contribution in [0, 0.1) is 11.3 Å². The molecule has 204 valence electrons. The van der Waals surface area contributed by atoms with Crippen molar-refractivity contribution in [2.24, 2.45) is 11.3 Å². The summed E-state index contributed by atoms with van der Waals surface area (Å²) in [4.78, 5) is 31.0. The van der Waals surface area contributed by atoms with Gasteiger partial charge in [0.2, 0.25) is 11.8 Å². The van der Waals surface area contributed by atoms with Gasteiger partial charge in [0.1, 0.15) is 12.4 Å². The quantitative estimate of drug-likeness (QED) is 0.589. The van der Waals surface area contributed by atoms with Crippen LogP contribution >= 0.6 is 0 Å². The number of aryl methyl sites for hydroxylation is 1. The molecule has 1 atom stereocenters. The van der Waals surface area contributed by atoms with Crippen LogP contribution in [0.3, 0.4) is 0 Å². The van der Waals surface area contributed by atoms with Crippen LogP contribution in [0.1, 0.15) is 89.0 Å². The van der Waals surface area contributed by atoms with Gasteiger partial charge in [-0.2, -0.15) is 0 Å². The summed E-state index contributed by atoms with van der Waals surface area (Å²) in [6, 6.07) is 8.62. The molecule has 1 aromatic carbocycles. The van der Waals surface area contributed by atoms with Crippen LogP contribution in [0.25, 0.3) is 0 Å². The highest BCUT2D eigenvalue weighted by atomic mass is 16.5. The van der Waals surface area contributed by atoms with E-state index in [0.29, 0.717) is 18.9 Å². The molecule has 0 bridgehead atoms. The third kappa shape index (κ3) is 6.68. The van der Waals surface area contributed by atoms with Gasteiger partial charge in [-0.05, 0) is 82.0 Å². The van der Waals surface area contributed by atoms with Crippen molar-refractivity contribution in [2.45, 2.75) is 95.9 Å². The molecule has 1 spiro atoms. The number of rotatable bonds is 6. The number of hydrogen-bond donors (Lipinski definition) is 1. The summed E-state index contributed by atoms with van der Waals surface area (Å²) in [6.45, 7) is 4.97. The van der Waals surface area contributed by atoms with Crippen LogP contribution in [0.2, 0.25) is 0 Å². The number of carbonyl (C=O) groups excluding carboxylic acids is 2. The lowest BCUT2D eigenvalue weighted by molar-refractivity contribution is -0.147. The molecular formula is C31H47N3O3. The molecular weight excluding hydrogens is 462 g/mol. The fraction of sp³-hybridized carbons (Fsp3) is 0.742. The lowest BCUT2D eigenvalue weighted by Gasteiger charge is -2.44. The summed E-state index contributed by atoms with van der Waals surface area (Å²) in [5, 5.41) is 3.15. The molecule has 1 aromatic rings. The minimum absolute atomic E-state index is 0.189. The van der Waals surface area contributed by atoms with E-state index in [0.717, 1.165) is 102 Å². The molecule has 6 heteroatoms. The first-order valence-corrected chi connectivity index (χ1v) is 15.1. The van der Waals surface area contributed by atoms with Crippen LogP contribution in [0.4, 0.5) is 0 Å². The molecule has 2 amide bonds. The summed E-state index contributed by atoms with van der Waals surface area (Å²) in [5.74, 6) is 2.35. The van der Waals surface area contributed by atoms with Crippen molar-refractivity contribution in [3.05, 3.63) is 29.8 Å². The number of para-hydroxylation sites is 1. The number of amides is 2. The highest BCUT2D eigenvalue weighted by Crippen LogP contribution is 2.41. The van der Waals surface area contributed by atoms with E-state index < -0.39 is 0 Å². The number of hydrogen-bond acceptors (Lipinski definition) is 4. The summed E-state index contributed by atoms with van der Waals surface area (Å²) in [7, 11) is 0. The maximum absolute atomic E-state index is 14.1. The topological polar surface area (TPSA) is 61.9 Å². The largest absolute Gasteiger partial charge is 0.491 e. The van der Waals surface area contributed by atoms with Gasteiger partial charge in [0, 0.05) is 26.1 Å². The van der Waals surface area contributed by atoms with Gasteiger partial charge in [-0.3, -0.25) is 9.59 Å². The van der Waals surface area contributed by atoms with Gasteiger partial charge in [-0.15, -0.1) is 0 Å². The highest BCUT2D eigenvalue weighted by molar-refractivity contribution is 5.83. The Hall–Kier alpha value is -2.08. The second kappa shape index (κ2) is 12.6. The van der Waals surface area contributed by atoms with E-state index in [4.69, 9.17) is 4.74 Å². The third-order valence-electron chi connectivity index (χ3n) is 9.66. The molecule has 6 nitrogen and oxygen atoms in total. The summed E-state index contributed by atoms with van der Waals surface area (Å²) >= 11 is 0. The molecule has 1 saturated carbocycles. The van der Waals surface area contributed by atoms with Gasteiger partial charge in [0.05, 0.1) is 11.5 Å². The fourth-order valence-electron chi connectivity index (χ4n) is 7.25. The average molecular weight is 510 g/mol. The summed E-state index contributed by atoms with van der Waals surface area (Å²) in [5.41, 5.74) is 1.07. The number of likely N-dealkylation sites (tertiary alicyclic amines) is 1. The Labute approximate surface area is 223 Å². The van der Waals surface area contributed by atoms with Gasteiger partial charge in [0.25, 0.3) is 0 Å². The van der Waals surface area contributed by atoms with Crippen molar-refractivity contribution in [2.75, 3.05) is 39.3 Å². The van der Waals surface area contributed by atoms with Crippen LogP contribution in [0.15, 0.2) is 24.3 Å². The Bertz CT molecular complexity index is 905. The normalized spacial score (nSPS) is 25.1. The Morgan fingerprint density at radius 3 is 2.62 bits per heavy atom. The van der Waals surface area contributed by atoms with Crippen molar-refractivity contribution < 1.29 is 14.3 Å².